The lowest BCUT2D eigenvalue weighted by Crippen LogP contribution is -2.44. The molecule has 0 aliphatic heterocycles. The van der Waals surface area contributed by atoms with Crippen LogP contribution in [0.3, 0.4) is 0 Å². The summed E-state index contributed by atoms with van der Waals surface area (Å²) >= 11 is 7.20. The second-order valence-corrected chi connectivity index (χ2v) is 9.14. The lowest BCUT2D eigenvalue weighted by Gasteiger charge is -2.23. The molecule has 2 aromatic heterocycles. The Bertz CT molecular complexity index is 1310. The van der Waals surface area contributed by atoms with Crippen molar-refractivity contribution in [3.05, 3.63) is 99.6 Å². The van der Waals surface area contributed by atoms with Crippen molar-refractivity contribution in [2.45, 2.75) is 6.61 Å². The van der Waals surface area contributed by atoms with Crippen LogP contribution < -0.4 is 15.2 Å². The van der Waals surface area contributed by atoms with Crippen LogP contribution in [-0.2, 0) is 16.1 Å². The number of ether oxygens (including phenoxy) is 3. The zero-order chi connectivity index (χ0) is 26.0. The van der Waals surface area contributed by atoms with Crippen molar-refractivity contribution in [2.24, 2.45) is 0 Å². The molecule has 0 atom stereocenters. The highest BCUT2D eigenvalue weighted by atomic mass is 35.5. The van der Waals surface area contributed by atoms with Crippen LogP contribution in [0.1, 0.15) is 26.0 Å². The first-order valence-electron chi connectivity index (χ1n) is 11.1. The number of furan rings is 1. The van der Waals surface area contributed by atoms with Crippen molar-refractivity contribution in [2.75, 3.05) is 25.0 Å². The number of para-hydroxylation sites is 1. The number of rotatable bonds is 12. The van der Waals surface area contributed by atoms with Crippen LogP contribution in [0.25, 0.3) is 0 Å². The third kappa shape index (κ3) is 7.42. The molecule has 0 radical (unpaired) electrons. The molecule has 0 spiro atoms. The second-order valence-electron chi connectivity index (χ2n) is 7.43. The van der Waals surface area contributed by atoms with Gasteiger partial charge in [0, 0.05) is 0 Å². The third-order valence-corrected chi connectivity index (χ3v) is 6.04. The number of halogens is 1. The lowest BCUT2D eigenvalue weighted by atomic mass is 10.2. The first-order chi connectivity index (χ1) is 18.0. The van der Waals surface area contributed by atoms with E-state index in [1.54, 1.807) is 42.5 Å². The first kappa shape index (κ1) is 26.4. The number of carbonyl (C=O) groups excluding carboxylic acids is 2. The number of hydrazine groups is 1. The van der Waals surface area contributed by atoms with Gasteiger partial charge in [-0.3, -0.25) is 4.79 Å². The van der Waals surface area contributed by atoms with Crippen LogP contribution in [0.15, 0.2) is 83.3 Å². The standard InChI is InChI=1S/C26H23ClN2O7S/c27-24-13-12-23(37-24)25(31)29(18-6-8-20(9-7-18)35-19-4-2-1-3-5-19)28-17-33-16-21-10-11-22(36-21)26(32)34-15-14-30/h1-13,28,30H,14-17H2. The monoisotopic (exact) mass is 542 g/mol. The third-order valence-electron chi connectivity index (χ3n) is 4.82. The number of anilines is 1. The fraction of sp³-hybridized carbons (Fsp3) is 0.154. The number of hydrogen-bond donors (Lipinski definition) is 2. The number of thiophene rings is 1. The van der Waals surface area contributed by atoms with Crippen LogP contribution in [0.4, 0.5) is 5.69 Å². The summed E-state index contributed by atoms with van der Waals surface area (Å²) < 4.78 is 22.1. The van der Waals surface area contributed by atoms with E-state index >= 15 is 0 Å². The van der Waals surface area contributed by atoms with Crippen molar-refractivity contribution in [1.82, 2.24) is 5.43 Å². The molecule has 2 heterocycles. The summed E-state index contributed by atoms with van der Waals surface area (Å²) in [5.74, 6) is 0.718. The predicted octanol–water partition coefficient (Wildman–Crippen LogP) is 5.26. The van der Waals surface area contributed by atoms with Crippen LogP contribution in [-0.4, -0.2) is 36.9 Å². The average Bonchev–Trinajstić information content (AvgIpc) is 3.57. The Balaban J connectivity index is 1.39. The molecule has 4 aromatic rings. The smallest absolute Gasteiger partial charge is 0.374 e. The van der Waals surface area contributed by atoms with Gasteiger partial charge in [-0.1, -0.05) is 29.8 Å². The zero-order valence-electron chi connectivity index (χ0n) is 19.5. The van der Waals surface area contributed by atoms with Gasteiger partial charge in [0.25, 0.3) is 5.91 Å². The molecule has 0 bridgehead atoms. The summed E-state index contributed by atoms with van der Waals surface area (Å²) in [6.45, 7) is -0.396. The molecule has 37 heavy (non-hydrogen) atoms. The van der Waals surface area contributed by atoms with E-state index in [4.69, 9.17) is 35.3 Å². The van der Waals surface area contributed by atoms with Crippen molar-refractivity contribution in [1.29, 1.82) is 0 Å². The van der Waals surface area contributed by atoms with E-state index in [0.717, 1.165) is 0 Å². The molecule has 9 nitrogen and oxygen atoms in total. The number of esters is 1. The van der Waals surface area contributed by atoms with Gasteiger partial charge in [-0.05, 0) is 60.7 Å². The Morgan fingerprint density at radius 3 is 2.43 bits per heavy atom. The van der Waals surface area contributed by atoms with Crippen molar-refractivity contribution in [3.63, 3.8) is 0 Å². The van der Waals surface area contributed by atoms with Gasteiger partial charge in [0.2, 0.25) is 5.76 Å². The van der Waals surface area contributed by atoms with E-state index in [2.05, 4.69) is 5.43 Å². The highest BCUT2D eigenvalue weighted by Gasteiger charge is 2.20. The van der Waals surface area contributed by atoms with Gasteiger partial charge in [-0.2, -0.15) is 0 Å². The molecule has 0 unspecified atom stereocenters. The number of carbonyl (C=O) groups is 2. The molecule has 0 saturated carbocycles. The maximum atomic E-state index is 13.2. The van der Waals surface area contributed by atoms with Gasteiger partial charge in [0.1, 0.15) is 37.2 Å². The van der Waals surface area contributed by atoms with E-state index in [-0.39, 0.29) is 38.2 Å². The molecule has 0 fully saturated rings. The van der Waals surface area contributed by atoms with Crippen LogP contribution >= 0.6 is 22.9 Å². The number of benzene rings is 2. The molecular weight excluding hydrogens is 520 g/mol. The molecular formula is C26H23ClN2O7S. The van der Waals surface area contributed by atoms with E-state index in [1.165, 1.54) is 22.4 Å². The first-order valence-corrected chi connectivity index (χ1v) is 12.3. The van der Waals surface area contributed by atoms with Crippen molar-refractivity contribution >= 4 is 40.5 Å². The maximum Gasteiger partial charge on any atom is 0.374 e. The van der Waals surface area contributed by atoms with E-state index in [9.17, 15) is 9.59 Å². The Morgan fingerprint density at radius 2 is 1.73 bits per heavy atom. The Hall–Kier alpha value is -3.67. The zero-order valence-corrected chi connectivity index (χ0v) is 21.0. The highest BCUT2D eigenvalue weighted by Crippen LogP contribution is 2.27. The normalized spacial score (nSPS) is 10.8. The predicted molar refractivity (Wildman–Crippen MR) is 138 cm³/mol. The average molecular weight is 543 g/mol. The van der Waals surface area contributed by atoms with E-state index in [1.807, 2.05) is 30.3 Å². The van der Waals surface area contributed by atoms with Crippen molar-refractivity contribution in [3.8, 4) is 11.5 Å². The quantitative estimate of drug-likeness (QED) is 0.108. The maximum absolute atomic E-state index is 13.2. The largest absolute Gasteiger partial charge is 0.457 e. The van der Waals surface area contributed by atoms with Gasteiger partial charge in [-0.25, -0.2) is 15.2 Å². The van der Waals surface area contributed by atoms with Gasteiger partial charge in [0.05, 0.1) is 21.5 Å². The fourth-order valence-electron chi connectivity index (χ4n) is 3.14. The summed E-state index contributed by atoms with van der Waals surface area (Å²) in [5, 5.41) is 10.1. The van der Waals surface area contributed by atoms with Crippen LogP contribution in [0.5, 0.6) is 11.5 Å². The fourth-order valence-corrected chi connectivity index (χ4v) is 4.12. The molecule has 2 N–H and O–H groups in total. The molecule has 11 heteroatoms. The summed E-state index contributed by atoms with van der Waals surface area (Å²) in [6, 6.07) is 22.7. The topological polar surface area (TPSA) is 110 Å². The van der Waals surface area contributed by atoms with Crippen LogP contribution in [0, 0.1) is 0 Å². The second kappa shape index (κ2) is 13.0. The van der Waals surface area contributed by atoms with Gasteiger partial charge in [-0.15, -0.1) is 11.3 Å². The summed E-state index contributed by atoms with van der Waals surface area (Å²) in [6.07, 6.45) is 0. The summed E-state index contributed by atoms with van der Waals surface area (Å²) in [4.78, 5) is 25.4. The number of nitrogens with one attached hydrogen (secondary N) is 1. The molecule has 0 aliphatic rings. The number of amides is 1. The molecule has 1 amide bonds. The van der Waals surface area contributed by atoms with Gasteiger partial charge >= 0.3 is 5.97 Å². The van der Waals surface area contributed by atoms with E-state index in [0.29, 0.717) is 32.2 Å². The molecule has 2 aromatic carbocycles. The number of hydrogen-bond acceptors (Lipinski definition) is 9. The summed E-state index contributed by atoms with van der Waals surface area (Å²) in [7, 11) is 0. The molecule has 4 rings (SSSR count). The molecule has 192 valence electrons. The van der Waals surface area contributed by atoms with Gasteiger partial charge < -0.3 is 23.7 Å². The minimum atomic E-state index is -0.676. The Morgan fingerprint density at radius 1 is 0.973 bits per heavy atom. The number of nitrogens with zero attached hydrogens (tertiary/aromatic N) is 1. The minimum absolute atomic E-state index is 0.00389. The number of aliphatic hydroxyl groups is 1. The Kier molecular flexibility index (Phi) is 9.30. The van der Waals surface area contributed by atoms with Crippen LogP contribution in [0.2, 0.25) is 4.34 Å². The summed E-state index contributed by atoms with van der Waals surface area (Å²) in [5.41, 5.74) is 3.52. The highest BCUT2D eigenvalue weighted by molar-refractivity contribution is 7.18. The lowest BCUT2D eigenvalue weighted by molar-refractivity contribution is 0.0386. The van der Waals surface area contributed by atoms with Crippen molar-refractivity contribution < 1.29 is 33.3 Å². The molecule has 0 aliphatic carbocycles. The SMILES string of the molecule is O=C(OCCO)c1ccc(COCNN(C(=O)c2ccc(Cl)s2)c2ccc(Oc3ccccc3)cc2)o1. The minimum Gasteiger partial charge on any atom is -0.457 e. The Labute approximate surface area is 221 Å². The van der Waals surface area contributed by atoms with Gasteiger partial charge in [0.15, 0.2) is 0 Å². The van der Waals surface area contributed by atoms with E-state index < -0.39 is 5.97 Å². The number of aliphatic hydroxyl groups excluding tert-OH is 1. The molecule has 0 saturated heterocycles.